The quantitative estimate of drug-likeness (QED) is 0.391. The second-order valence-corrected chi connectivity index (χ2v) is 9.05. The van der Waals surface area contributed by atoms with Gasteiger partial charge in [0.15, 0.2) is 0 Å². The van der Waals surface area contributed by atoms with Crippen LogP contribution in [0.3, 0.4) is 0 Å². The molecule has 0 aliphatic carbocycles. The number of benzene rings is 2. The van der Waals surface area contributed by atoms with Crippen LogP contribution < -0.4 is 5.32 Å². The average Bonchev–Trinajstić information content (AvgIpc) is 2.78. The molecule has 0 aliphatic rings. The number of amides is 2. The third kappa shape index (κ3) is 8.96. The summed E-state index contributed by atoms with van der Waals surface area (Å²) in [6.45, 7) is 5.09. The Bertz CT molecular complexity index is 799. The molecule has 0 bridgehead atoms. The zero-order chi connectivity index (χ0) is 22.5. The molecule has 0 spiro atoms. The highest BCUT2D eigenvalue weighted by Crippen LogP contribution is 2.18. The summed E-state index contributed by atoms with van der Waals surface area (Å²) in [6, 6.07) is 17.2. The number of hydrogen-bond acceptors (Lipinski definition) is 3. The van der Waals surface area contributed by atoms with E-state index in [0.717, 1.165) is 29.9 Å². The van der Waals surface area contributed by atoms with Crippen molar-refractivity contribution in [3.63, 3.8) is 0 Å². The number of nitrogens with zero attached hydrogens (tertiary/aromatic N) is 1. The molecule has 0 radical (unpaired) electrons. The molecule has 0 aromatic heterocycles. The normalized spacial score (nSPS) is 11.7. The first-order valence-electron chi connectivity index (χ1n) is 11.0. The van der Waals surface area contributed by atoms with Gasteiger partial charge in [0.25, 0.3) is 0 Å². The highest BCUT2D eigenvalue weighted by Gasteiger charge is 2.28. The van der Waals surface area contributed by atoms with Gasteiger partial charge in [-0.05, 0) is 36.1 Å². The van der Waals surface area contributed by atoms with Gasteiger partial charge in [0, 0.05) is 36.0 Å². The van der Waals surface area contributed by atoms with E-state index in [4.69, 9.17) is 11.6 Å². The first-order chi connectivity index (χ1) is 15.0. The minimum atomic E-state index is -0.473. The second-order valence-electron chi connectivity index (χ2n) is 7.50. The maximum absolute atomic E-state index is 13.2. The number of unbranched alkanes of at least 4 members (excludes halogenated alkanes) is 1. The summed E-state index contributed by atoms with van der Waals surface area (Å²) in [5, 5.41) is 3.65. The predicted octanol–water partition coefficient (Wildman–Crippen LogP) is 5.69. The number of thioether (sulfide) groups is 1. The zero-order valence-electron chi connectivity index (χ0n) is 18.5. The number of carbonyl (C=O) groups excluding carboxylic acids is 2. The molecule has 2 amide bonds. The molecule has 2 aromatic carbocycles. The van der Waals surface area contributed by atoms with Gasteiger partial charge in [0.2, 0.25) is 11.8 Å². The largest absolute Gasteiger partial charge is 0.354 e. The Labute approximate surface area is 195 Å². The summed E-state index contributed by atoms with van der Waals surface area (Å²) in [6.07, 6.45) is 2.94. The van der Waals surface area contributed by atoms with E-state index in [1.165, 1.54) is 5.56 Å². The Kier molecular flexibility index (Phi) is 11.5. The summed E-state index contributed by atoms with van der Waals surface area (Å²) in [4.78, 5) is 27.7. The van der Waals surface area contributed by atoms with Crippen LogP contribution in [0, 0.1) is 0 Å². The Hall–Kier alpha value is -1.98. The van der Waals surface area contributed by atoms with Crippen molar-refractivity contribution in [2.45, 2.75) is 57.9 Å². The Balaban J connectivity index is 2.02. The summed E-state index contributed by atoms with van der Waals surface area (Å²) in [5.41, 5.74) is 2.22. The minimum Gasteiger partial charge on any atom is -0.354 e. The fourth-order valence-corrected chi connectivity index (χ4v) is 4.30. The van der Waals surface area contributed by atoms with Crippen molar-refractivity contribution < 1.29 is 9.59 Å². The molecule has 0 fully saturated rings. The molecular formula is C25H33ClN2O2S. The molecule has 168 valence electrons. The predicted molar refractivity (Wildman–Crippen MR) is 131 cm³/mol. The topological polar surface area (TPSA) is 49.4 Å². The van der Waals surface area contributed by atoms with E-state index in [1.54, 1.807) is 16.7 Å². The fourth-order valence-electron chi connectivity index (χ4n) is 3.28. The van der Waals surface area contributed by atoms with Crippen molar-refractivity contribution in [3.8, 4) is 0 Å². The number of rotatable bonds is 13. The average molecular weight is 461 g/mol. The summed E-state index contributed by atoms with van der Waals surface area (Å²) < 4.78 is 0. The van der Waals surface area contributed by atoms with Crippen molar-refractivity contribution in [3.05, 3.63) is 70.7 Å². The van der Waals surface area contributed by atoms with Gasteiger partial charge in [-0.25, -0.2) is 0 Å². The van der Waals surface area contributed by atoms with Crippen LogP contribution in [0.1, 0.15) is 50.7 Å². The molecule has 0 aliphatic heterocycles. The Morgan fingerprint density at radius 3 is 2.39 bits per heavy atom. The fraction of sp³-hybridized carbons (Fsp3) is 0.440. The van der Waals surface area contributed by atoms with E-state index in [9.17, 15) is 9.59 Å². The van der Waals surface area contributed by atoms with E-state index in [-0.39, 0.29) is 11.8 Å². The van der Waals surface area contributed by atoms with E-state index in [2.05, 4.69) is 24.4 Å². The van der Waals surface area contributed by atoms with Crippen molar-refractivity contribution in [1.29, 1.82) is 0 Å². The molecule has 0 saturated carbocycles. The van der Waals surface area contributed by atoms with Gasteiger partial charge >= 0.3 is 0 Å². The zero-order valence-corrected chi connectivity index (χ0v) is 20.1. The lowest BCUT2D eigenvalue weighted by atomic mass is 10.1. The van der Waals surface area contributed by atoms with E-state index < -0.39 is 6.04 Å². The van der Waals surface area contributed by atoms with Gasteiger partial charge in [-0.1, -0.05) is 74.3 Å². The molecular weight excluding hydrogens is 428 g/mol. The molecule has 31 heavy (non-hydrogen) atoms. The lowest BCUT2D eigenvalue weighted by molar-refractivity contribution is -0.141. The second kappa shape index (κ2) is 14.2. The van der Waals surface area contributed by atoms with E-state index >= 15 is 0 Å². The van der Waals surface area contributed by atoms with Gasteiger partial charge in [-0.2, -0.15) is 11.8 Å². The van der Waals surface area contributed by atoms with Crippen LogP contribution in [0.25, 0.3) is 0 Å². The van der Waals surface area contributed by atoms with Gasteiger partial charge in [-0.3, -0.25) is 9.59 Å². The molecule has 6 heteroatoms. The van der Waals surface area contributed by atoms with Crippen LogP contribution in [0.15, 0.2) is 54.6 Å². The molecule has 1 N–H and O–H groups in total. The molecule has 0 unspecified atom stereocenters. The van der Waals surface area contributed by atoms with Crippen LogP contribution >= 0.6 is 23.4 Å². The van der Waals surface area contributed by atoms with Crippen LogP contribution in [-0.2, 0) is 21.9 Å². The Morgan fingerprint density at radius 1 is 1.03 bits per heavy atom. The van der Waals surface area contributed by atoms with Gasteiger partial charge in [-0.15, -0.1) is 0 Å². The monoisotopic (exact) mass is 460 g/mol. The summed E-state index contributed by atoms with van der Waals surface area (Å²) in [7, 11) is 0. The third-order valence-electron chi connectivity index (χ3n) is 5.05. The van der Waals surface area contributed by atoms with Crippen LogP contribution in [0.5, 0.6) is 0 Å². The number of nitrogens with one attached hydrogen (secondary N) is 1. The highest BCUT2D eigenvalue weighted by molar-refractivity contribution is 7.98. The lowest BCUT2D eigenvalue weighted by Gasteiger charge is -2.30. The third-order valence-corrected chi connectivity index (χ3v) is 6.34. The molecule has 0 heterocycles. The maximum atomic E-state index is 13.2. The number of hydrogen-bond donors (Lipinski definition) is 1. The first-order valence-corrected chi connectivity index (χ1v) is 12.5. The van der Waals surface area contributed by atoms with Gasteiger partial charge in [0.05, 0.1) is 0 Å². The van der Waals surface area contributed by atoms with Gasteiger partial charge < -0.3 is 10.2 Å². The SMILES string of the molecule is CCCCNC(=O)[C@@H](CC)N(Cc1ccc(Cl)cc1)C(=O)CCSCc1ccccc1. The number of carbonyl (C=O) groups is 2. The van der Waals surface area contributed by atoms with Crippen LogP contribution in [0.4, 0.5) is 0 Å². The van der Waals surface area contributed by atoms with Crippen molar-refractivity contribution >= 4 is 35.2 Å². The van der Waals surface area contributed by atoms with Crippen molar-refractivity contribution in [2.75, 3.05) is 12.3 Å². The van der Waals surface area contributed by atoms with E-state index in [0.29, 0.717) is 31.0 Å². The highest BCUT2D eigenvalue weighted by atomic mass is 35.5. The maximum Gasteiger partial charge on any atom is 0.242 e. The van der Waals surface area contributed by atoms with Gasteiger partial charge in [0.1, 0.15) is 6.04 Å². The van der Waals surface area contributed by atoms with Crippen LogP contribution in [0.2, 0.25) is 5.02 Å². The molecule has 0 saturated heterocycles. The molecule has 1 atom stereocenters. The van der Waals surface area contributed by atoms with Crippen LogP contribution in [-0.4, -0.2) is 35.1 Å². The Morgan fingerprint density at radius 2 is 1.74 bits per heavy atom. The first kappa shape index (κ1) is 25.3. The van der Waals surface area contributed by atoms with Crippen molar-refractivity contribution in [2.24, 2.45) is 0 Å². The smallest absolute Gasteiger partial charge is 0.242 e. The summed E-state index contributed by atoms with van der Waals surface area (Å²) in [5.74, 6) is 1.53. The standard InChI is InChI=1S/C25H33ClN2O2S/c1-3-5-16-27-25(30)23(4-2)28(18-20-11-13-22(26)14-12-20)24(29)15-17-31-19-21-9-7-6-8-10-21/h6-14,23H,3-5,15-19H2,1-2H3,(H,27,30)/t23-/m1/s1. The van der Waals surface area contributed by atoms with E-state index in [1.807, 2.05) is 49.4 Å². The summed E-state index contributed by atoms with van der Waals surface area (Å²) >= 11 is 7.75. The minimum absolute atomic E-state index is 0.00741. The van der Waals surface area contributed by atoms with Crippen molar-refractivity contribution in [1.82, 2.24) is 10.2 Å². The molecule has 2 aromatic rings. The number of halogens is 1. The lowest BCUT2D eigenvalue weighted by Crippen LogP contribution is -2.49. The molecule has 4 nitrogen and oxygen atoms in total. The molecule has 2 rings (SSSR count).